The van der Waals surface area contributed by atoms with E-state index in [0.717, 1.165) is 5.56 Å². The van der Waals surface area contributed by atoms with Gasteiger partial charge < -0.3 is 4.90 Å². The van der Waals surface area contributed by atoms with E-state index in [1.54, 1.807) is 23.5 Å². The normalized spacial score (nSPS) is 12.3. The molecular weight excluding hydrogens is 310 g/mol. The largest absolute Gasteiger partial charge is 0.335 e. The van der Waals surface area contributed by atoms with E-state index >= 15 is 0 Å². The van der Waals surface area contributed by atoms with Gasteiger partial charge in [-0.3, -0.25) is 14.0 Å². The van der Waals surface area contributed by atoms with Crippen molar-refractivity contribution in [1.82, 2.24) is 14.3 Å². The Morgan fingerprint density at radius 3 is 2.70 bits per heavy atom. The highest BCUT2D eigenvalue weighted by atomic mass is 32.1. The second-order valence-electron chi connectivity index (χ2n) is 5.54. The molecule has 118 valence electrons. The first kappa shape index (κ1) is 15.4. The van der Waals surface area contributed by atoms with Crippen LogP contribution in [0.2, 0.25) is 0 Å². The second-order valence-corrected chi connectivity index (χ2v) is 6.41. The molecule has 0 aliphatic carbocycles. The van der Waals surface area contributed by atoms with Crippen LogP contribution in [-0.4, -0.2) is 27.2 Å². The van der Waals surface area contributed by atoms with Gasteiger partial charge in [-0.1, -0.05) is 29.8 Å². The molecule has 1 unspecified atom stereocenters. The van der Waals surface area contributed by atoms with E-state index in [1.807, 2.05) is 38.1 Å². The molecule has 1 amide bonds. The molecule has 2 heterocycles. The van der Waals surface area contributed by atoms with Gasteiger partial charge in [0.25, 0.3) is 11.5 Å². The number of hydrogen-bond acceptors (Lipinski definition) is 4. The van der Waals surface area contributed by atoms with Crippen LogP contribution in [0.1, 0.15) is 34.5 Å². The molecular formula is C17H17N3O2S. The van der Waals surface area contributed by atoms with E-state index in [-0.39, 0.29) is 23.1 Å². The molecule has 0 N–H and O–H groups in total. The van der Waals surface area contributed by atoms with Gasteiger partial charge in [-0.25, -0.2) is 4.98 Å². The van der Waals surface area contributed by atoms with Crippen molar-refractivity contribution in [2.45, 2.75) is 19.9 Å². The zero-order valence-electron chi connectivity index (χ0n) is 13.2. The maximum absolute atomic E-state index is 12.7. The number of carbonyl (C=O) groups excluding carboxylic acids is 1. The third-order valence-corrected chi connectivity index (χ3v) is 4.80. The lowest BCUT2D eigenvalue weighted by Gasteiger charge is -2.25. The minimum atomic E-state index is -0.329. The average molecular weight is 327 g/mol. The molecule has 2 aromatic heterocycles. The Kier molecular flexibility index (Phi) is 4.00. The Labute approximate surface area is 137 Å². The number of rotatable bonds is 3. The Balaban J connectivity index is 1.93. The van der Waals surface area contributed by atoms with Crippen molar-refractivity contribution in [1.29, 1.82) is 0 Å². The molecule has 3 rings (SSSR count). The summed E-state index contributed by atoms with van der Waals surface area (Å²) in [6, 6.07) is 7.88. The fourth-order valence-electron chi connectivity index (χ4n) is 2.41. The van der Waals surface area contributed by atoms with E-state index in [2.05, 4.69) is 4.98 Å². The van der Waals surface area contributed by atoms with Crippen LogP contribution >= 0.6 is 11.3 Å². The lowest BCUT2D eigenvalue weighted by Crippen LogP contribution is -2.34. The van der Waals surface area contributed by atoms with Gasteiger partial charge in [-0.15, -0.1) is 11.3 Å². The van der Waals surface area contributed by atoms with Crippen LogP contribution in [0.25, 0.3) is 4.96 Å². The topological polar surface area (TPSA) is 54.7 Å². The van der Waals surface area contributed by atoms with Crippen LogP contribution in [0.15, 0.2) is 46.8 Å². The third-order valence-electron chi connectivity index (χ3n) is 4.03. The van der Waals surface area contributed by atoms with Crippen molar-refractivity contribution in [2.24, 2.45) is 0 Å². The summed E-state index contributed by atoms with van der Waals surface area (Å²) in [6.45, 7) is 3.96. The summed E-state index contributed by atoms with van der Waals surface area (Å²) >= 11 is 1.36. The molecule has 0 fully saturated rings. The molecule has 0 spiro atoms. The molecule has 0 radical (unpaired) electrons. The van der Waals surface area contributed by atoms with Gasteiger partial charge in [0.2, 0.25) is 0 Å². The summed E-state index contributed by atoms with van der Waals surface area (Å²) in [6.07, 6.45) is 3.00. The number of hydrogen-bond donors (Lipinski definition) is 0. The van der Waals surface area contributed by atoms with Crippen molar-refractivity contribution >= 4 is 22.2 Å². The molecule has 3 aromatic rings. The minimum Gasteiger partial charge on any atom is -0.335 e. The van der Waals surface area contributed by atoms with Crippen LogP contribution in [-0.2, 0) is 0 Å². The first-order valence-corrected chi connectivity index (χ1v) is 8.15. The standard InChI is InChI=1S/C17H17N3O2S/c1-11-4-6-13(7-5-11)12(2)19(3)15(21)14-10-18-17-20(16(14)22)8-9-23-17/h4-10,12H,1-3H3. The van der Waals surface area contributed by atoms with Gasteiger partial charge in [-0.05, 0) is 19.4 Å². The SMILES string of the molecule is Cc1ccc(C(C)N(C)C(=O)c2cnc3sccn3c2=O)cc1. The van der Waals surface area contributed by atoms with E-state index in [9.17, 15) is 9.59 Å². The van der Waals surface area contributed by atoms with Crippen LogP contribution in [0, 0.1) is 6.92 Å². The van der Waals surface area contributed by atoms with Crippen molar-refractivity contribution in [3.63, 3.8) is 0 Å². The van der Waals surface area contributed by atoms with Crippen LogP contribution < -0.4 is 5.56 Å². The number of aryl methyl sites for hydroxylation is 1. The molecule has 0 saturated carbocycles. The quantitative estimate of drug-likeness (QED) is 0.743. The minimum absolute atomic E-state index is 0.0855. The molecule has 23 heavy (non-hydrogen) atoms. The molecule has 0 aliphatic heterocycles. The number of fused-ring (bicyclic) bond motifs is 1. The molecule has 5 nitrogen and oxygen atoms in total. The van der Waals surface area contributed by atoms with Gasteiger partial charge >= 0.3 is 0 Å². The highest BCUT2D eigenvalue weighted by Gasteiger charge is 2.22. The van der Waals surface area contributed by atoms with Gasteiger partial charge in [0.15, 0.2) is 4.96 Å². The van der Waals surface area contributed by atoms with E-state index < -0.39 is 0 Å². The number of nitrogens with zero attached hydrogens (tertiary/aromatic N) is 3. The first-order valence-electron chi connectivity index (χ1n) is 7.27. The fourth-order valence-corrected chi connectivity index (χ4v) is 3.08. The van der Waals surface area contributed by atoms with Crippen molar-refractivity contribution in [3.8, 4) is 0 Å². The third kappa shape index (κ3) is 2.77. The van der Waals surface area contributed by atoms with Gasteiger partial charge in [-0.2, -0.15) is 0 Å². The lowest BCUT2D eigenvalue weighted by atomic mass is 10.1. The summed E-state index contributed by atoms with van der Waals surface area (Å²) < 4.78 is 1.41. The van der Waals surface area contributed by atoms with Crippen LogP contribution in [0.5, 0.6) is 0 Å². The van der Waals surface area contributed by atoms with Crippen molar-refractivity contribution < 1.29 is 4.79 Å². The number of benzene rings is 1. The van der Waals surface area contributed by atoms with Gasteiger partial charge in [0, 0.05) is 24.8 Å². The maximum Gasteiger partial charge on any atom is 0.271 e. The molecule has 6 heteroatoms. The number of thiazole rings is 1. The highest BCUT2D eigenvalue weighted by molar-refractivity contribution is 7.15. The van der Waals surface area contributed by atoms with Crippen LogP contribution in [0.4, 0.5) is 0 Å². The molecule has 1 aromatic carbocycles. The van der Waals surface area contributed by atoms with Crippen LogP contribution in [0.3, 0.4) is 0 Å². The summed E-state index contributed by atoms with van der Waals surface area (Å²) in [7, 11) is 1.70. The maximum atomic E-state index is 12.7. The zero-order chi connectivity index (χ0) is 16.6. The number of amides is 1. The predicted octanol–water partition coefficient (Wildman–Crippen LogP) is 2.90. The zero-order valence-corrected chi connectivity index (χ0v) is 14.0. The summed E-state index contributed by atoms with van der Waals surface area (Å²) in [5.74, 6) is -0.323. The molecule has 0 bridgehead atoms. The second kappa shape index (κ2) is 5.96. The van der Waals surface area contributed by atoms with Gasteiger partial charge in [0.05, 0.1) is 6.04 Å². The van der Waals surface area contributed by atoms with E-state index in [0.29, 0.717) is 4.96 Å². The Morgan fingerprint density at radius 1 is 1.30 bits per heavy atom. The average Bonchev–Trinajstić information content (AvgIpc) is 3.03. The molecule has 0 aliphatic rings. The first-order chi connectivity index (χ1) is 11.0. The molecule has 0 saturated heterocycles. The summed E-state index contributed by atoms with van der Waals surface area (Å²) in [4.78, 5) is 31.4. The monoisotopic (exact) mass is 327 g/mol. The molecule has 1 atom stereocenters. The number of aromatic nitrogens is 2. The predicted molar refractivity (Wildman–Crippen MR) is 91.0 cm³/mol. The van der Waals surface area contributed by atoms with E-state index in [1.165, 1.54) is 27.5 Å². The summed E-state index contributed by atoms with van der Waals surface area (Å²) in [5, 5.41) is 1.77. The Morgan fingerprint density at radius 2 is 2.00 bits per heavy atom. The number of carbonyl (C=O) groups is 1. The fraction of sp³-hybridized carbons (Fsp3) is 0.235. The highest BCUT2D eigenvalue weighted by Crippen LogP contribution is 2.20. The van der Waals surface area contributed by atoms with Gasteiger partial charge in [0.1, 0.15) is 5.56 Å². The lowest BCUT2D eigenvalue weighted by molar-refractivity contribution is 0.0740. The van der Waals surface area contributed by atoms with Crippen molar-refractivity contribution in [3.05, 3.63) is 69.1 Å². The van der Waals surface area contributed by atoms with E-state index in [4.69, 9.17) is 0 Å². The Hall–Kier alpha value is -2.47. The smallest absolute Gasteiger partial charge is 0.271 e. The Bertz CT molecular complexity index is 911. The van der Waals surface area contributed by atoms with Crippen molar-refractivity contribution in [2.75, 3.05) is 7.05 Å². The summed E-state index contributed by atoms with van der Waals surface area (Å²) in [5.41, 5.74) is 1.95.